The Morgan fingerprint density at radius 1 is 1.23 bits per heavy atom. The molecule has 7 nitrogen and oxygen atoms in total. The van der Waals surface area contributed by atoms with Crippen LogP contribution in [0.1, 0.15) is 20.3 Å². The van der Waals surface area contributed by atoms with Crippen LogP contribution >= 0.6 is 15.9 Å². The van der Waals surface area contributed by atoms with Gasteiger partial charge in [0.05, 0.1) is 5.69 Å². The van der Waals surface area contributed by atoms with E-state index < -0.39 is 28.2 Å². The number of rotatable bonds is 6. The Labute approximate surface area is 185 Å². The van der Waals surface area contributed by atoms with Crippen LogP contribution in [0.5, 0.6) is 11.5 Å². The summed E-state index contributed by atoms with van der Waals surface area (Å²) in [5.74, 6) is -0.755. The van der Waals surface area contributed by atoms with Gasteiger partial charge in [0.2, 0.25) is 0 Å². The van der Waals surface area contributed by atoms with Crippen molar-refractivity contribution < 1.29 is 35.9 Å². The molecule has 0 radical (unpaired) electrons. The van der Waals surface area contributed by atoms with Crippen LogP contribution in [0.15, 0.2) is 45.8 Å². The number of ether oxygens (including phenoxy) is 2. The number of hydrogen-bond acceptors (Lipinski definition) is 5. The SMILES string of the molecule is CC(C)CC1Oc2c(cc(Br)cc2S(=O)(=O)Nc2ccc(OC(F)(F)F)cc2)NC1=O. The summed E-state index contributed by atoms with van der Waals surface area (Å²) in [6.07, 6.45) is -5.33. The minimum Gasteiger partial charge on any atom is -0.477 e. The highest BCUT2D eigenvalue weighted by Crippen LogP contribution is 2.40. The topological polar surface area (TPSA) is 93.7 Å². The molecule has 168 valence electrons. The summed E-state index contributed by atoms with van der Waals surface area (Å²) in [6, 6.07) is 7.06. The monoisotopic (exact) mass is 522 g/mol. The molecule has 0 spiro atoms. The molecule has 1 unspecified atom stereocenters. The van der Waals surface area contributed by atoms with Crippen LogP contribution < -0.4 is 19.5 Å². The number of nitrogens with one attached hydrogen (secondary N) is 2. The van der Waals surface area contributed by atoms with Crippen molar-refractivity contribution in [2.24, 2.45) is 5.92 Å². The van der Waals surface area contributed by atoms with E-state index in [1.54, 1.807) is 0 Å². The number of carbonyl (C=O) groups excluding carboxylic acids is 1. The summed E-state index contributed by atoms with van der Waals surface area (Å²) in [5.41, 5.74) is 0.204. The third-order valence-electron chi connectivity index (χ3n) is 4.15. The Morgan fingerprint density at radius 3 is 2.45 bits per heavy atom. The minimum absolute atomic E-state index is 0.0156. The standard InChI is InChI=1S/C19H18BrF3N2O5S/c1-10(2)7-15-18(26)24-14-8-11(20)9-16(17(14)29-15)31(27,28)25-12-3-5-13(6-4-12)30-19(21,22)23/h3-6,8-10,15,25H,7H2,1-2H3,(H,24,26). The van der Waals surface area contributed by atoms with E-state index in [1.807, 2.05) is 13.8 Å². The van der Waals surface area contributed by atoms with Crippen LogP contribution in [-0.2, 0) is 14.8 Å². The van der Waals surface area contributed by atoms with E-state index in [-0.39, 0.29) is 33.8 Å². The summed E-state index contributed by atoms with van der Waals surface area (Å²) >= 11 is 3.21. The van der Waals surface area contributed by atoms with Crippen LogP contribution in [0, 0.1) is 5.92 Å². The molecule has 1 atom stereocenters. The Morgan fingerprint density at radius 2 is 1.87 bits per heavy atom. The molecule has 1 aliphatic rings. The fourth-order valence-corrected chi connectivity index (χ4v) is 4.76. The zero-order chi connectivity index (χ0) is 23.0. The van der Waals surface area contributed by atoms with Gasteiger partial charge in [0.1, 0.15) is 10.6 Å². The summed E-state index contributed by atoms with van der Waals surface area (Å²) in [5, 5.41) is 2.65. The maximum Gasteiger partial charge on any atom is 0.573 e. The van der Waals surface area contributed by atoms with Crippen molar-refractivity contribution in [1.29, 1.82) is 0 Å². The second-order valence-electron chi connectivity index (χ2n) is 7.18. The van der Waals surface area contributed by atoms with Gasteiger partial charge in [-0.3, -0.25) is 9.52 Å². The van der Waals surface area contributed by atoms with Crippen molar-refractivity contribution >= 4 is 43.2 Å². The lowest BCUT2D eigenvalue weighted by Crippen LogP contribution is -2.38. The number of amides is 1. The quantitative estimate of drug-likeness (QED) is 0.563. The van der Waals surface area contributed by atoms with Gasteiger partial charge in [0.25, 0.3) is 15.9 Å². The Hall–Kier alpha value is -2.47. The van der Waals surface area contributed by atoms with Gasteiger partial charge in [-0.05, 0) is 48.7 Å². The molecule has 3 rings (SSSR count). The summed E-state index contributed by atoms with van der Waals surface area (Å²) in [7, 11) is -4.21. The molecule has 1 amide bonds. The first-order valence-electron chi connectivity index (χ1n) is 9.04. The Bertz CT molecular complexity index is 1090. The Balaban J connectivity index is 1.91. The maximum atomic E-state index is 13.0. The van der Waals surface area contributed by atoms with Crippen molar-refractivity contribution in [2.75, 3.05) is 10.0 Å². The lowest BCUT2D eigenvalue weighted by atomic mass is 10.0. The molecule has 0 bridgehead atoms. The number of hydrogen-bond donors (Lipinski definition) is 2. The lowest BCUT2D eigenvalue weighted by molar-refractivity contribution is -0.274. The number of benzene rings is 2. The van der Waals surface area contributed by atoms with Gasteiger partial charge in [-0.2, -0.15) is 0 Å². The molecule has 12 heteroatoms. The average Bonchev–Trinajstić information content (AvgIpc) is 2.62. The van der Waals surface area contributed by atoms with E-state index in [9.17, 15) is 26.4 Å². The van der Waals surface area contributed by atoms with Crippen LogP contribution in [-0.4, -0.2) is 26.8 Å². The fourth-order valence-electron chi connectivity index (χ4n) is 2.91. The molecule has 0 aliphatic carbocycles. The molecule has 31 heavy (non-hydrogen) atoms. The molecule has 0 fully saturated rings. The van der Waals surface area contributed by atoms with Gasteiger partial charge in [-0.25, -0.2) is 8.42 Å². The van der Waals surface area contributed by atoms with E-state index in [1.165, 1.54) is 12.1 Å². The highest BCUT2D eigenvalue weighted by atomic mass is 79.9. The first-order valence-corrected chi connectivity index (χ1v) is 11.3. The number of carbonyl (C=O) groups is 1. The predicted octanol–water partition coefficient (Wildman–Crippen LogP) is 4.89. The first kappa shape index (κ1) is 23.2. The smallest absolute Gasteiger partial charge is 0.477 e. The third-order valence-corrected chi connectivity index (χ3v) is 5.99. The maximum absolute atomic E-state index is 13.0. The van der Waals surface area contributed by atoms with Crippen molar-refractivity contribution in [1.82, 2.24) is 0 Å². The highest BCUT2D eigenvalue weighted by Gasteiger charge is 2.34. The van der Waals surface area contributed by atoms with E-state index in [4.69, 9.17) is 4.74 Å². The first-order chi connectivity index (χ1) is 14.3. The number of anilines is 2. The van der Waals surface area contributed by atoms with Gasteiger partial charge >= 0.3 is 6.36 Å². The van der Waals surface area contributed by atoms with E-state index >= 15 is 0 Å². The van der Waals surface area contributed by atoms with E-state index in [2.05, 4.69) is 30.7 Å². The fraction of sp³-hybridized carbons (Fsp3) is 0.316. The highest BCUT2D eigenvalue weighted by molar-refractivity contribution is 9.10. The number of halogens is 4. The molecule has 0 saturated carbocycles. The van der Waals surface area contributed by atoms with Crippen LogP contribution in [0.4, 0.5) is 24.5 Å². The van der Waals surface area contributed by atoms with Gasteiger partial charge in [-0.1, -0.05) is 29.8 Å². The molecular formula is C19H18BrF3N2O5S. The number of fused-ring (bicyclic) bond motifs is 1. The van der Waals surface area contributed by atoms with Crippen molar-refractivity contribution in [3.05, 3.63) is 40.9 Å². The molecule has 2 aromatic rings. The number of alkyl halides is 3. The second kappa shape index (κ2) is 8.58. The van der Waals surface area contributed by atoms with E-state index in [0.717, 1.165) is 24.3 Å². The van der Waals surface area contributed by atoms with Gasteiger partial charge in [0.15, 0.2) is 11.9 Å². The van der Waals surface area contributed by atoms with Crippen molar-refractivity contribution in [2.45, 2.75) is 37.6 Å². The Kier molecular flexibility index (Phi) is 6.42. The molecule has 1 heterocycles. The van der Waals surface area contributed by atoms with Crippen LogP contribution in [0.2, 0.25) is 0 Å². The average molecular weight is 523 g/mol. The third kappa shape index (κ3) is 5.82. The van der Waals surface area contributed by atoms with Crippen LogP contribution in [0.3, 0.4) is 0 Å². The van der Waals surface area contributed by atoms with Crippen molar-refractivity contribution in [3.8, 4) is 11.5 Å². The summed E-state index contributed by atoms with van der Waals surface area (Å²) in [4.78, 5) is 12.0. The second-order valence-corrected chi connectivity index (χ2v) is 9.75. The van der Waals surface area contributed by atoms with Gasteiger partial charge < -0.3 is 14.8 Å². The molecule has 2 aromatic carbocycles. The van der Waals surface area contributed by atoms with Crippen molar-refractivity contribution in [3.63, 3.8) is 0 Å². The largest absolute Gasteiger partial charge is 0.573 e. The molecular weight excluding hydrogens is 505 g/mol. The zero-order valence-electron chi connectivity index (χ0n) is 16.3. The lowest BCUT2D eigenvalue weighted by Gasteiger charge is -2.28. The zero-order valence-corrected chi connectivity index (χ0v) is 18.7. The van der Waals surface area contributed by atoms with Gasteiger partial charge in [-0.15, -0.1) is 13.2 Å². The summed E-state index contributed by atoms with van der Waals surface area (Å²) in [6.45, 7) is 3.80. The van der Waals surface area contributed by atoms with E-state index in [0.29, 0.717) is 10.9 Å². The molecule has 0 saturated heterocycles. The molecule has 2 N–H and O–H groups in total. The minimum atomic E-state index is -4.86. The predicted molar refractivity (Wildman–Crippen MR) is 111 cm³/mol. The summed E-state index contributed by atoms with van der Waals surface area (Å²) < 4.78 is 75.1. The molecule has 0 aromatic heterocycles. The normalized spacial score (nSPS) is 16.4. The molecule has 1 aliphatic heterocycles. The van der Waals surface area contributed by atoms with Crippen LogP contribution in [0.25, 0.3) is 0 Å². The number of sulfonamides is 1. The van der Waals surface area contributed by atoms with Gasteiger partial charge in [0, 0.05) is 10.2 Å².